The Balaban J connectivity index is 2.08. The quantitative estimate of drug-likeness (QED) is 0.721. The van der Waals surface area contributed by atoms with Crippen molar-refractivity contribution in [2.24, 2.45) is 0 Å². The smallest absolute Gasteiger partial charge is 0.222 e. The molecule has 1 aromatic rings. The van der Waals surface area contributed by atoms with Gasteiger partial charge in [0.15, 0.2) is 0 Å². The zero-order valence-electron chi connectivity index (χ0n) is 9.20. The first-order valence-electron chi connectivity index (χ1n) is 5.66. The highest BCUT2D eigenvalue weighted by atomic mass is 16.1. The van der Waals surface area contributed by atoms with E-state index in [0.29, 0.717) is 12.3 Å². The molecule has 2 heteroatoms. The van der Waals surface area contributed by atoms with Crippen LogP contribution in [-0.2, 0) is 17.8 Å². The van der Waals surface area contributed by atoms with Crippen molar-refractivity contribution in [2.75, 3.05) is 6.54 Å². The van der Waals surface area contributed by atoms with Crippen molar-refractivity contribution in [2.45, 2.75) is 32.7 Å². The Morgan fingerprint density at radius 2 is 2.07 bits per heavy atom. The molecule has 0 aromatic heterocycles. The Bertz CT molecular complexity index is 359. The number of hydrogen-bond donors (Lipinski definition) is 0. The molecule has 0 atom stereocenters. The summed E-state index contributed by atoms with van der Waals surface area (Å²) in [5.74, 6) is 0.298. The zero-order chi connectivity index (χ0) is 10.7. The van der Waals surface area contributed by atoms with E-state index in [1.54, 1.807) is 0 Å². The maximum atomic E-state index is 11.7. The van der Waals surface area contributed by atoms with Crippen LogP contribution in [0.1, 0.15) is 30.9 Å². The predicted molar refractivity (Wildman–Crippen MR) is 60.5 cm³/mol. The van der Waals surface area contributed by atoms with E-state index in [0.717, 1.165) is 25.9 Å². The number of nitrogens with zero attached hydrogens (tertiary/aromatic N) is 1. The maximum absolute atomic E-state index is 11.7. The fourth-order valence-electron chi connectivity index (χ4n) is 2.08. The molecule has 0 unspecified atom stereocenters. The van der Waals surface area contributed by atoms with Gasteiger partial charge in [-0.05, 0) is 24.0 Å². The van der Waals surface area contributed by atoms with Gasteiger partial charge in [0.25, 0.3) is 0 Å². The van der Waals surface area contributed by atoms with Crippen molar-refractivity contribution >= 4 is 5.91 Å². The lowest BCUT2D eigenvalue weighted by molar-refractivity contribution is -0.132. The first-order chi connectivity index (χ1) is 7.31. The van der Waals surface area contributed by atoms with Crippen LogP contribution in [0.15, 0.2) is 24.3 Å². The molecule has 80 valence electrons. The Morgan fingerprint density at radius 1 is 1.33 bits per heavy atom. The van der Waals surface area contributed by atoms with Gasteiger partial charge in [-0.25, -0.2) is 0 Å². The van der Waals surface area contributed by atoms with Gasteiger partial charge in [0, 0.05) is 19.5 Å². The van der Waals surface area contributed by atoms with Crippen LogP contribution in [-0.4, -0.2) is 17.4 Å². The van der Waals surface area contributed by atoms with E-state index in [2.05, 4.69) is 25.1 Å². The van der Waals surface area contributed by atoms with Gasteiger partial charge in [-0.15, -0.1) is 0 Å². The second-order valence-corrected chi connectivity index (χ2v) is 4.08. The first kappa shape index (κ1) is 10.2. The lowest BCUT2D eigenvalue weighted by atomic mass is 9.87. The summed E-state index contributed by atoms with van der Waals surface area (Å²) in [5.41, 5.74) is 2.71. The van der Waals surface area contributed by atoms with Crippen LogP contribution in [0.3, 0.4) is 0 Å². The van der Waals surface area contributed by atoms with Crippen LogP contribution in [0.25, 0.3) is 0 Å². The second-order valence-electron chi connectivity index (χ2n) is 4.08. The summed E-state index contributed by atoms with van der Waals surface area (Å²) < 4.78 is 0. The minimum Gasteiger partial charge on any atom is -0.338 e. The predicted octanol–water partition coefficient (Wildman–Crippen LogP) is 2.37. The highest BCUT2D eigenvalue weighted by Gasteiger charge is 2.18. The Kier molecular flexibility index (Phi) is 3.05. The Morgan fingerprint density at radius 3 is 2.80 bits per heavy atom. The third-order valence-electron chi connectivity index (χ3n) is 2.95. The fraction of sp³-hybridized carbons (Fsp3) is 0.462. The number of rotatable bonds is 2. The van der Waals surface area contributed by atoms with Crippen LogP contribution in [0.2, 0.25) is 0 Å². The van der Waals surface area contributed by atoms with Crippen molar-refractivity contribution in [1.29, 1.82) is 0 Å². The second kappa shape index (κ2) is 4.47. The average molecular weight is 202 g/mol. The minimum absolute atomic E-state index is 0.298. The molecule has 2 rings (SSSR count). The SMILES string of the molecule is CCC[11C](=O)N1CCc2ccccc2C1. The highest BCUT2D eigenvalue weighted by molar-refractivity contribution is 5.76. The van der Waals surface area contributed by atoms with Gasteiger partial charge in [0.05, 0.1) is 0 Å². The van der Waals surface area contributed by atoms with Crippen LogP contribution in [0.5, 0.6) is 0 Å². The van der Waals surface area contributed by atoms with Gasteiger partial charge < -0.3 is 4.90 Å². The molecular weight excluding hydrogens is 185 g/mol. The van der Waals surface area contributed by atoms with Gasteiger partial charge in [-0.3, -0.25) is 4.79 Å². The molecule has 0 radical (unpaired) electrons. The molecule has 1 aromatic carbocycles. The molecular formula is C13H17NO. The highest BCUT2D eigenvalue weighted by Crippen LogP contribution is 2.19. The largest absolute Gasteiger partial charge is 0.338 e. The van der Waals surface area contributed by atoms with E-state index in [4.69, 9.17) is 0 Å². The van der Waals surface area contributed by atoms with Crippen LogP contribution in [0.4, 0.5) is 0 Å². The van der Waals surface area contributed by atoms with Gasteiger partial charge in [-0.1, -0.05) is 31.2 Å². The number of hydrogen-bond acceptors (Lipinski definition) is 1. The molecule has 0 saturated carbocycles. The van der Waals surface area contributed by atoms with Crippen molar-refractivity contribution < 1.29 is 4.79 Å². The number of fused-ring (bicyclic) bond motifs is 1. The molecule has 1 amide bonds. The van der Waals surface area contributed by atoms with Crippen LogP contribution < -0.4 is 0 Å². The summed E-state index contributed by atoms with van der Waals surface area (Å²) in [5, 5.41) is 0. The number of carbonyl (C=O) groups excluding carboxylic acids is 1. The van der Waals surface area contributed by atoms with Crippen molar-refractivity contribution in [1.82, 2.24) is 4.90 Å². The summed E-state index contributed by atoms with van der Waals surface area (Å²) in [4.78, 5) is 13.7. The first-order valence-corrected chi connectivity index (χ1v) is 5.66. The topological polar surface area (TPSA) is 20.3 Å². The third kappa shape index (κ3) is 2.20. The summed E-state index contributed by atoms with van der Waals surface area (Å²) in [6, 6.07) is 8.41. The summed E-state index contributed by atoms with van der Waals surface area (Å²) >= 11 is 0. The normalized spacial score (nSPS) is 14.9. The molecule has 1 aliphatic rings. The maximum Gasteiger partial charge on any atom is 0.222 e. The van der Waals surface area contributed by atoms with E-state index in [9.17, 15) is 4.79 Å². The van der Waals surface area contributed by atoms with Gasteiger partial charge >= 0.3 is 0 Å². The van der Waals surface area contributed by atoms with Crippen molar-refractivity contribution in [3.63, 3.8) is 0 Å². The molecule has 15 heavy (non-hydrogen) atoms. The zero-order valence-corrected chi connectivity index (χ0v) is 9.20. The standard InChI is InChI=1S/C13H17NO/c1-2-5-13(15)14-9-8-11-6-3-4-7-12(11)10-14/h3-4,6-7H,2,5,8-10H2,1H3/i13-1. The molecule has 0 N–H and O–H groups in total. The molecule has 2 nitrogen and oxygen atoms in total. The number of amides is 1. The molecule has 0 aliphatic carbocycles. The molecule has 0 spiro atoms. The molecule has 0 bridgehead atoms. The van der Waals surface area contributed by atoms with Gasteiger partial charge in [-0.2, -0.15) is 0 Å². The Labute approximate surface area is 90.9 Å². The third-order valence-corrected chi connectivity index (χ3v) is 2.95. The minimum atomic E-state index is 0.298. The summed E-state index contributed by atoms with van der Waals surface area (Å²) in [6.07, 6.45) is 2.63. The van der Waals surface area contributed by atoms with E-state index in [1.165, 1.54) is 11.1 Å². The van der Waals surface area contributed by atoms with E-state index in [-0.39, 0.29) is 0 Å². The van der Waals surface area contributed by atoms with E-state index < -0.39 is 0 Å². The summed E-state index contributed by atoms with van der Waals surface area (Å²) in [7, 11) is 0. The number of benzene rings is 1. The van der Waals surface area contributed by atoms with Crippen molar-refractivity contribution in [3.8, 4) is 0 Å². The van der Waals surface area contributed by atoms with Gasteiger partial charge in [0.2, 0.25) is 5.91 Å². The lowest BCUT2D eigenvalue weighted by Crippen LogP contribution is -2.35. The van der Waals surface area contributed by atoms with Crippen LogP contribution >= 0.6 is 0 Å². The van der Waals surface area contributed by atoms with E-state index in [1.807, 2.05) is 11.0 Å². The number of carbonyl (C=O) groups is 1. The van der Waals surface area contributed by atoms with Crippen LogP contribution in [0, 0.1) is 0 Å². The lowest BCUT2D eigenvalue weighted by Gasteiger charge is -2.28. The summed E-state index contributed by atoms with van der Waals surface area (Å²) in [6.45, 7) is 3.74. The average Bonchev–Trinajstić information content (AvgIpc) is 2.29. The van der Waals surface area contributed by atoms with E-state index >= 15 is 0 Å². The fourth-order valence-corrected chi connectivity index (χ4v) is 2.08. The monoisotopic (exact) mass is 202 g/mol. The molecule has 1 aliphatic heterocycles. The Hall–Kier alpha value is -1.31. The molecule has 0 fully saturated rings. The molecule has 0 saturated heterocycles. The van der Waals surface area contributed by atoms with Crippen molar-refractivity contribution in [3.05, 3.63) is 35.4 Å². The van der Waals surface area contributed by atoms with Gasteiger partial charge in [0.1, 0.15) is 0 Å². The molecule has 1 heterocycles.